The van der Waals surface area contributed by atoms with E-state index in [0.717, 1.165) is 19.4 Å². The zero-order valence-corrected chi connectivity index (χ0v) is 10.7. The maximum Gasteiger partial charge on any atom is 0.372 e. The van der Waals surface area contributed by atoms with Gasteiger partial charge in [0.1, 0.15) is 0 Å². The van der Waals surface area contributed by atoms with Crippen LogP contribution in [-0.4, -0.2) is 47.1 Å². The lowest BCUT2D eigenvalue weighted by Crippen LogP contribution is -2.34. The Balaban J connectivity index is 2.76. The molecule has 17 heavy (non-hydrogen) atoms. The molecule has 4 N–H and O–H groups in total. The highest BCUT2D eigenvalue weighted by Crippen LogP contribution is 2.45. The van der Waals surface area contributed by atoms with E-state index in [-0.39, 0.29) is 0 Å². The van der Waals surface area contributed by atoms with Crippen LogP contribution in [-0.2, 0) is 19.4 Å². The van der Waals surface area contributed by atoms with E-state index < -0.39 is 29.0 Å². The molecule has 0 spiro atoms. The maximum atomic E-state index is 10.9. The molecule has 0 aromatic rings. The quantitative estimate of drug-likeness (QED) is 0.402. The third kappa shape index (κ3) is 5.01. The van der Waals surface area contributed by atoms with Gasteiger partial charge in [0, 0.05) is 6.54 Å². The molecule has 0 aromatic heterocycles. The summed E-state index contributed by atoms with van der Waals surface area (Å²) in [5.74, 6) is 0. The Morgan fingerprint density at radius 1 is 1.35 bits per heavy atom. The van der Waals surface area contributed by atoms with Crippen molar-refractivity contribution in [2.45, 2.75) is 30.5 Å². The van der Waals surface area contributed by atoms with Crippen molar-refractivity contribution < 1.29 is 32.1 Å². The van der Waals surface area contributed by atoms with Gasteiger partial charge >= 0.3 is 17.7 Å². The average molecular weight is 289 g/mol. The molecule has 2 atom stereocenters. The van der Waals surface area contributed by atoms with E-state index in [1.165, 1.54) is 0 Å². The maximum absolute atomic E-state index is 10.9. The van der Waals surface area contributed by atoms with E-state index in [2.05, 4.69) is 5.32 Å². The summed E-state index contributed by atoms with van der Waals surface area (Å²) in [5, 5.41) is 0.451. The smallest absolute Gasteiger partial charge is 0.345 e. The summed E-state index contributed by atoms with van der Waals surface area (Å²) in [7, 11) is -10.0. The summed E-state index contributed by atoms with van der Waals surface area (Å²) in [5.41, 5.74) is 0. The molecule has 0 aromatic carbocycles. The molecule has 10 heteroatoms. The zero-order valence-electron chi connectivity index (χ0n) is 9.02. The van der Waals surface area contributed by atoms with Crippen LogP contribution in [0.5, 0.6) is 0 Å². The minimum absolute atomic E-state index is 0.298. The van der Waals surface area contributed by atoms with Crippen LogP contribution in [0, 0.1) is 0 Å². The second-order valence-corrected chi connectivity index (χ2v) is 7.32. The Bertz CT molecular complexity index is 383. The number of hydrogen-bond acceptors (Lipinski definition) is 5. The predicted molar refractivity (Wildman–Crippen MR) is 59.0 cm³/mol. The van der Waals surface area contributed by atoms with E-state index in [9.17, 15) is 13.0 Å². The fourth-order valence-corrected chi connectivity index (χ4v) is 3.61. The van der Waals surface area contributed by atoms with E-state index in [0.29, 0.717) is 13.0 Å². The fraction of sp³-hybridized carbons (Fsp3) is 1.00. The summed E-state index contributed by atoms with van der Waals surface area (Å²) in [4.78, 5) is 17.7. The SMILES string of the molecule is O=P(O)(O)C(OC1CCCCNC1)S(=O)(=O)O. The van der Waals surface area contributed by atoms with Gasteiger partial charge in [-0.25, -0.2) is 0 Å². The second-order valence-electron chi connectivity index (χ2n) is 3.87. The molecule has 102 valence electrons. The third-order valence-corrected chi connectivity index (χ3v) is 5.25. The summed E-state index contributed by atoms with van der Waals surface area (Å²) >= 11 is 0. The van der Waals surface area contributed by atoms with Crippen LogP contribution in [0.2, 0.25) is 0 Å². The van der Waals surface area contributed by atoms with Crippen LogP contribution < -0.4 is 5.32 Å². The van der Waals surface area contributed by atoms with E-state index in [1.54, 1.807) is 0 Å². The minimum atomic E-state index is -5.07. The average Bonchev–Trinajstić information content (AvgIpc) is 2.38. The van der Waals surface area contributed by atoms with Crippen molar-refractivity contribution in [3.8, 4) is 0 Å². The summed E-state index contributed by atoms with van der Waals surface area (Å²) in [6, 6.07) is 0. The largest absolute Gasteiger partial charge is 0.372 e. The lowest BCUT2D eigenvalue weighted by Gasteiger charge is -2.22. The lowest BCUT2D eigenvalue weighted by atomic mass is 10.2. The lowest BCUT2D eigenvalue weighted by molar-refractivity contribution is 0.0474. The molecule has 1 fully saturated rings. The van der Waals surface area contributed by atoms with E-state index in [4.69, 9.17) is 19.1 Å². The second kappa shape index (κ2) is 5.75. The van der Waals surface area contributed by atoms with Gasteiger partial charge in [-0.1, -0.05) is 0 Å². The molecular weight excluding hydrogens is 273 g/mol. The van der Waals surface area contributed by atoms with Crippen molar-refractivity contribution in [1.29, 1.82) is 0 Å². The molecule has 1 rings (SSSR count). The van der Waals surface area contributed by atoms with Crippen molar-refractivity contribution in [2.75, 3.05) is 13.1 Å². The normalized spacial score (nSPS) is 25.2. The van der Waals surface area contributed by atoms with Gasteiger partial charge in [0.15, 0.2) is 0 Å². The van der Waals surface area contributed by atoms with Gasteiger partial charge in [0.05, 0.1) is 6.10 Å². The molecule has 0 bridgehead atoms. The molecule has 1 aliphatic heterocycles. The highest BCUT2D eigenvalue weighted by atomic mass is 32.2. The van der Waals surface area contributed by atoms with Crippen molar-refractivity contribution in [2.24, 2.45) is 0 Å². The number of rotatable bonds is 4. The van der Waals surface area contributed by atoms with Gasteiger partial charge in [-0.15, -0.1) is 0 Å². The van der Waals surface area contributed by atoms with Crippen molar-refractivity contribution in [3.05, 3.63) is 0 Å². The summed E-state index contributed by atoms with van der Waals surface area (Å²) in [6.45, 7) is 1.04. The molecule has 8 nitrogen and oxygen atoms in total. The molecular formula is C7H16NO7PS. The van der Waals surface area contributed by atoms with Gasteiger partial charge in [0.2, 0.25) is 0 Å². The monoisotopic (exact) mass is 289 g/mol. The van der Waals surface area contributed by atoms with Crippen molar-refractivity contribution in [1.82, 2.24) is 5.32 Å². The Hall–Kier alpha value is -0.0200. The van der Waals surface area contributed by atoms with Crippen LogP contribution in [0.3, 0.4) is 0 Å². The number of nitrogens with one attached hydrogen (secondary N) is 1. The van der Waals surface area contributed by atoms with Gasteiger partial charge in [-0.3, -0.25) is 9.12 Å². The van der Waals surface area contributed by atoms with Gasteiger partial charge in [-0.2, -0.15) is 8.42 Å². The topological polar surface area (TPSA) is 133 Å². The molecule has 1 saturated heterocycles. The molecule has 0 saturated carbocycles. The highest BCUT2D eigenvalue weighted by molar-refractivity contribution is 7.93. The van der Waals surface area contributed by atoms with Crippen LogP contribution in [0.1, 0.15) is 19.3 Å². The first-order chi connectivity index (χ1) is 7.71. The number of ether oxygens (including phenoxy) is 1. The molecule has 2 unspecified atom stereocenters. The van der Waals surface area contributed by atoms with Crippen LogP contribution in [0.25, 0.3) is 0 Å². The first-order valence-corrected chi connectivity index (χ1v) is 8.27. The molecule has 0 aliphatic carbocycles. The van der Waals surface area contributed by atoms with Crippen molar-refractivity contribution >= 4 is 17.7 Å². The van der Waals surface area contributed by atoms with Gasteiger partial charge < -0.3 is 19.8 Å². The summed E-state index contributed by atoms with van der Waals surface area (Å²) < 4.78 is 46.2. The van der Waals surface area contributed by atoms with E-state index >= 15 is 0 Å². The first-order valence-electron chi connectivity index (χ1n) is 5.09. The Kier molecular flexibility index (Phi) is 5.08. The Labute approximate surface area is 99.3 Å². The summed E-state index contributed by atoms with van der Waals surface area (Å²) in [6.07, 6.45) is 1.49. The fourth-order valence-electron chi connectivity index (χ4n) is 1.59. The molecule has 1 heterocycles. The van der Waals surface area contributed by atoms with Crippen molar-refractivity contribution in [3.63, 3.8) is 0 Å². The van der Waals surface area contributed by atoms with Crippen LogP contribution in [0.4, 0.5) is 0 Å². The van der Waals surface area contributed by atoms with Crippen LogP contribution >= 0.6 is 7.60 Å². The van der Waals surface area contributed by atoms with Gasteiger partial charge in [0.25, 0.3) is 5.18 Å². The van der Waals surface area contributed by atoms with E-state index in [1.807, 2.05) is 0 Å². The standard InChI is InChI=1S/C7H16NO7PS/c9-16(10,11)7(17(12,13)14)15-6-3-1-2-4-8-5-6/h6-8H,1-5H2,(H2,9,10,11)(H,12,13,14). The van der Waals surface area contributed by atoms with Gasteiger partial charge in [-0.05, 0) is 25.8 Å². The minimum Gasteiger partial charge on any atom is -0.345 e. The molecule has 1 aliphatic rings. The highest BCUT2D eigenvalue weighted by Gasteiger charge is 2.42. The zero-order chi connectivity index (χ0) is 13.1. The van der Waals surface area contributed by atoms with Crippen LogP contribution in [0.15, 0.2) is 0 Å². The number of hydrogen-bond donors (Lipinski definition) is 4. The predicted octanol–water partition coefficient (Wildman–Crippen LogP) is -0.506. The Morgan fingerprint density at radius 3 is 2.53 bits per heavy atom. The molecule has 0 amide bonds. The molecule has 0 radical (unpaired) electrons. The Morgan fingerprint density at radius 2 is 2.00 bits per heavy atom. The first kappa shape index (κ1) is 15.0. The third-order valence-electron chi connectivity index (χ3n) is 2.34.